The number of likely N-dealkylation sites (N-methyl/N-ethyl adjacent to an activating group) is 1. The zero-order chi connectivity index (χ0) is 24.9. The molecule has 1 fully saturated rings. The topological polar surface area (TPSA) is 101 Å². The van der Waals surface area contributed by atoms with Crippen LogP contribution < -0.4 is 9.96 Å². The van der Waals surface area contributed by atoms with E-state index in [9.17, 15) is 9.59 Å². The van der Waals surface area contributed by atoms with E-state index in [4.69, 9.17) is 9.57 Å². The summed E-state index contributed by atoms with van der Waals surface area (Å²) in [5, 5.41) is 0.993. The molecule has 10 nitrogen and oxygen atoms in total. The molecule has 0 aliphatic carbocycles. The SMILES string of the molecule is Cc1ncnc(C)c1N(OCC(=O)N(C)C1CCN(c2cccnc2)CC1)C(=O)OC(C)(C)C. The first-order chi connectivity index (χ1) is 16.1. The largest absolute Gasteiger partial charge is 0.442 e. The Morgan fingerprint density at radius 3 is 2.35 bits per heavy atom. The van der Waals surface area contributed by atoms with Crippen molar-refractivity contribution in [2.45, 2.75) is 59.1 Å². The fraction of sp³-hybridized carbons (Fsp3) is 0.542. The first kappa shape index (κ1) is 25.4. The zero-order valence-corrected chi connectivity index (χ0v) is 20.8. The summed E-state index contributed by atoms with van der Waals surface area (Å²) in [5.74, 6) is -0.222. The summed E-state index contributed by atoms with van der Waals surface area (Å²) in [4.78, 5) is 48.1. The molecule has 1 aliphatic rings. The minimum absolute atomic E-state index is 0.0857. The van der Waals surface area contributed by atoms with Crippen molar-refractivity contribution in [3.05, 3.63) is 42.2 Å². The highest BCUT2D eigenvalue weighted by molar-refractivity contribution is 5.87. The fourth-order valence-corrected chi connectivity index (χ4v) is 3.87. The van der Waals surface area contributed by atoms with Gasteiger partial charge in [-0.2, -0.15) is 0 Å². The van der Waals surface area contributed by atoms with Gasteiger partial charge in [-0.1, -0.05) is 0 Å². The molecule has 0 N–H and O–H groups in total. The minimum atomic E-state index is -0.737. The average molecular weight is 471 g/mol. The molecule has 3 heterocycles. The van der Waals surface area contributed by atoms with E-state index in [0.29, 0.717) is 17.1 Å². The van der Waals surface area contributed by atoms with E-state index in [1.54, 1.807) is 52.8 Å². The van der Waals surface area contributed by atoms with Crippen molar-refractivity contribution in [1.82, 2.24) is 19.9 Å². The van der Waals surface area contributed by atoms with Gasteiger partial charge in [0, 0.05) is 32.4 Å². The van der Waals surface area contributed by atoms with Crippen molar-refractivity contribution < 1.29 is 19.2 Å². The highest BCUT2D eigenvalue weighted by Crippen LogP contribution is 2.25. The number of piperidine rings is 1. The highest BCUT2D eigenvalue weighted by atomic mass is 16.7. The van der Waals surface area contributed by atoms with Gasteiger partial charge in [0.05, 0.1) is 23.3 Å². The number of amides is 2. The number of hydrogen-bond acceptors (Lipinski definition) is 8. The maximum Gasteiger partial charge on any atom is 0.439 e. The van der Waals surface area contributed by atoms with Crippen LogP contribution in [0.2, 0.25) is 0 Å². The van der Waals surface area contributed by atoms with Crippen molar-refractivity contribution in [3.8, 4) is 0 Å². The lowest BCUT2D eigenvalue weighted by atomic mass is 10.0. The van der Waals surface area contributed by atoms with Gasteiger partial charge in [-0.15, -0.1) is 5.06 Å². The van der Waals surface area contributed by atoms with Gasteiger partial charge in [0.1, 0.15) is 17.6 Å². The third-order valence-electron chi connectivity index (χ3n) is 5.68. The second-order valence-electron chi connectivity index (χ2n) is 9.38. The summed E-state index contributed by atoms with van der Waals surface area (Å²) >= 11 is 0. The molecule has 2 aromatic rings. The van der Waals surface area contributed by atoms with Crippen LogP contribution in [0.5, 0.6) is 0 Å². The summed E-state index contributed by atoms with van der Waals surface area (Å²) in [5.41, 5.74) is 1.81. The number of ether oxygens (including phenoxy) is 1. The van der Waals surface area contributed by atoms with Gasteiger partial charge < -0.3 is 14.5 Å². The van der Waals surface area contributed by atoms with Crippen LogP contribution in [0.1, 0.15) is 45.0 Å². The Balaban J connectivity index is 1.64. The summed E-state index contributed by atoms with van der Waals surface area (Å²) in [7, 11) is 1.77. The number of nitrogens with zero attached hydrogens (tertiary/aromatic N) is 6. The van der Waals surface area contributed by atoms with E-state index in [2.05, 4.69) is 19.9 Å². The molecule has 2 aromatic heterocycles. The third-order valence-corrected chi connectivity index (χ3v) is 5.68. The summed E-state index contributed by atoms with van der Waals surface area (Å²) in [6.07, 6.45) is 5.96. The molecule has 0 atom stereocenters. The van der Waals surface area contributed by atoms with E-state index in [-0.39, 0.29) is 18.6 Å². The molecule has 3 rings (SSSR count). The van der Waals surface area contributed by atoms with Crippen molar-refractivity contribution in [3.63, 3.8) is 0 Å². The molecule has 0 aromatic carbocycles. The number of rotatable bonds is 6. The van der Waals surface area contributed by atoms with Gasteiger partial charge in [-0.3, -0.25) is 14.6 Å². The molecule has 0 saturated carbocycles. The number of hydroxylamine groups is 1. The van der Waals surface area contributed by atoms with Crippen LogP contribution in [0.15, 0.2) is 30.9 Å². The van der Waals surface area contributed by atoms with Crippen molar-refractivity contribution in [2.24, 2.45) is 0 Å². The molecule has 0 unspecified atom stereocenters. The lowest BCUT2D eigenvalue weighted by Crippen LogP contribution is -2.47. The number of pyridine rings is 1. The maximum absolute atomic E-state index is 13.0. The maximum atomic E-state index is 13.0. The number of aromatic nitrogens is 3. The van der Waals surface area contributed by atoms with Gasteiger partial charge in [0.2, 0.25) is 0 Å². The first-order valence-corrected chi connectivity index (χ1v) is 11.4. The Bertz CT molecular complexity index is 966. The normalized spacial score (nSPS) is 14.6. The molecule has 0 radical (unpaired) electrons. The lowest BCUT2D eigenvalue weighted by molar-refractivity contribution is -0.137. The smallest absolute Gasteiger partial charge is 0.439 e. The predicted molar refractivity (Wildman–Crippen MR) is 128 cm³/mol. The summed E-state index contributed by atoms with van der Waals surface area (Å²) < 4.78 is 5.50. The Hall–Kier alpha value is -3.27. The number of carbonyl (C=O) groups is 2. The average Bonchev–Trinajstić information content (AvgIpc) is 2.79. The number of carbonyl (C=O) groups excluding carboxylic acids is 2. The van der Waals surface area contributed by atoms with Crippen molar-refractivity contribution >= 4 is 23.4 Å². The molecule has 34 heavy (non-hydrogen) atoms. The van der Waals surface area contributed by atoms with Gasteiger partial charge in [0.25, 0.3) is 5.91 Å². The molecule has 0 spiro atoms. The Morgan fingerprint density at radius 2 is 1.79 bits per heavy atom. The van der Waals surface area contributed by atoms with Gasteiger partial charge in [-0.05, 0) is 59.6 Å². The van der Waals surface area contributed by atoms with Gasteiger partial charge >= 0.3 is 6.09 Å². The van der Waals surface area contributed by atoms with Crippen LogP contribution in [-0.2, 0) is 14.4 Å². The molecular weight excluding hydrogens is 436 g/mol. The zero-order valence-electron chi connectivity index (χ0n) is 20.8. The minimum Gasteiger partial charge on any atom is -0.442 e. The summed E-state index contributed by atoms with van der Waals surface area (Å²) in [6.45, 7) is 10.1. The van der Waals surface area contributed by atoms with Gasteiger partial charge in [-0.25, -0.2) is 14.8 Å². The van der Waals surface area contributed by atoms with Crippen LogP contribution in [0.3, 0.4) is 0 Å². The lowest BCUT2D eigenvalue weighted by Gasteiger charge is -2.37. The van der Waals surface area contributed by atoms with Crippen LogP contribution in [-0.4, -0.2) is 70.2 Å². The Morgan fingerprint density at radius 1 is 1.15 bits per heavy atom. The van der Waals surface area contributed by atoms with Crippen LogP contribution in [0.4, 0.5) is 16.2 Å². The molecule has 1 aliphatic heterocycles. The fourth-order valence-electron chi connectivity index (χ4n) is 3.87. The second kappa shape index (κ2) is 10.8. The van der Waals surface area contributed by atoms with E-state index in [0.717, 1.165) is 36.7 Å². The summed E-state index contributed by atoms with van der Waals surface area (Å²) in [6, 6.07) is 4.05. The third kappa shape index (κ3) is 6.40. The number of hydrogen-bond donors (Lipinski definition) is 0. The standard InChI is InChI=1S/C24H34N6O4/c1-17-22(18(2)27-16-26-17)30(23(32)34-24(3,4)5)33-15-21(31)28(6)19-9-12-29(13-10-19)20-8-7-11-25-14-20/h7-8,11,14,16,19H,9-10,12-13,15H2,1-6H3. The second-order valence-corrected chi connectivity index (χ2v) is 9.38. The van der Waals surface area contributed by atoms with Crippen LogP contribution >= 0.6 is 0 Å². The molecular formula is C24H34N6O4. The molecule has 0 bridgehead atoms. The van der Waals surface area contributed by atoms with Crippen molar-refractivity contribution in [2.75, 3.05) is 36.7 Å². The quantitative estimate of drug-likeness (QED) is 0.593. The predicted octanol–water partition coefficient (Wildman–Crippen LogP) is 3.29. The van der Waals surface area contributed by atoms with Crippen LogP contribution in [0.25, 0.3) is 0 Å². The monoisotopic (exact) mass is 470 g/mol. The number of anilines is 2. The van der Waals surface area contributed by atoms with E-state index >= 15 is 0 Å². The van der Waals surface area contributed by atoms with E-state index < -0.39 is 11.7 Å². The van der Waals surface area contributed by atoms with Crippen molar-refractivity contribution in [1.29, 1.82) is 0 Å². The van der Waals surface area contributed by atoms with E-state index in [1.807, 2.05) is 18.3 Å². The van der Waals surface area contributed by atoms with Crippen LogP contribution in [0, 0.1) is 13.8 Å². The molecule has 1 saturated heterocycles. The highest BCUT2D eigenvalue weighted by Gasteiger charge is 2.30. The molecule has 184 valence electrons. The first-order valence-electron chi connectivity index (χ1n) is 11.4. The molecule has 2 amide bonds. The van der Waals surface area contributed by atoms with Gasteiger partial charge in [0.15, 0.2) is 6.61 Å². The Kier molecular flexibility index (Phi) is 8.03. The number of aryl methyl sites for hydroxylation is 2. The van der Waals surface area contributed by atoms with E-state index in [1.165, 1.54) is 6.33 Å². The molecule has 10 heteroatoms. The Labute approximate surface area is 200 Å².